The van der Waals surface area contributed by atoms with Gasteiger partial charge in [-0.05, 0) is 67.6 Å². The van der Waals surface area contributed by atoms with Crippen molar-refractivity contribution in [2.24, 2.45) is 5.92 Å². The van der Waals surface area contributed by atoms with Crippen LogP contribution in [0.2, 0.25) is 0 Å². The van der Waals surface area contributed by atoms with Crippen LogP contribution < -0.4 is 10.1 Å². The second-order valence-corrected chi connectivity index (χ2v) is 9.14. The Kier molecular flexibility index (Phi) is 6.43. The highest BCUT2D eigenvalue weighted by molar-refractivity contribution is 5.68. The first-order valence-corrected chi connectivity index (χ1v) is 11.8. The van der Waals surface area contributed by atoms with Gasteiger partial charge in [-0.15, -0.1) is 0 Å². The summed E-state index contributed by atoms with van der Waals surface area (Å²) in [6, 6.07) is 20.6. The second-order valence-electron chi connectivity index (χ2n) is 9.14. The highest BCUT2D eigenvalue weighted by atomic mass is 19.1. The topological polar surface area (TPSA) is 24.5 Å². The SMILES string of the molecule is COc1ccccc1CNC1C2CCN(CC2)C1Cc1ccccc1-c1ccc(F)cc1F. The normalized spacial score (nSPS) is 24.1. The molecule has 0 spiro atoms. The van der Waals surface area contributed by atoms with Crippen molar-refractivity contribution in [2.45, 2.75) is 37.9 Å². The number of halogens is 2. The fourth-order valence-corrected chi connectivity index (χ4v) is 5.68. The van der Waals surface area contributed by atoms with Crippen LogP contribution in [0.3, 0.4) is 0 Å². The quantitative estimate of drug-likeness (QED) is 0.521. The summed E-state index contributed by atoms with van der Waals surface area (Å²) in [5.74, 6) is 0.466. The first kappa shape index (κ1) is 22.1. The molecule has 1 N–H and O–H groups in total. The van der Waals surface area contributed by atoms with Crippen LogP contribution in [0.25, 0.3) is 11.1 Å². The molecule has 0 radical (unpaired) electrons. The van der Waals surface area contributed by atoms with E-state index in [1.54, 1.807) is 13.2 Å². The van der Waals surface area contributed by atoms with Crippen molar-refractivity contribution in [3.05, 3.63) is 89.5 Å². The van der Waals surface area contributed by atoms with Gasteiger partial charge in [0, 0.05) is 35.8 Å². The van der Waals surface area contributed by atoms with E-state index in [9.17, 15) is 8.78 Å². The van der Waals surface area contributed by atoms with Crippen LogP contribution in [0.4, 0.5) is 8.78 Å². The number of piperidine rings is 3. The minimum Gasteiger partial charge on any atom is -0.496 e. The molecule has 2 atom stereocenters. The summed E-state index contributed by atoms with van der Waals surface area (Å²) in [5, 5.41) is 3.85. The maximum Gasteiger partial charge on any atom is 0.133 e. The zero-order valence-corrected chi connectivity index (χ0v) is 18.9. The van der Waals surface area contributed by atoms with E-state index in [0.29, 0.717) is 23.6 Å². The maximum absolute atomic E-state index is 14.6. The first-order chi connectivity index (χ1) is 16.1. The molecule has 3 fully saturated rings. The fourth-order valence-electron chi connectivity index (χ4n) is 5.68. The van der Waals surface area contributed by atoms with Gasteiger partial charge in [-0.2, -0.15) is 0 Å². The highest BCUT2D eigenvalue weighted by Gasteiger charge is 2.42. The van der Waals surface area contributed by atoms with E-state index in [-0.39, 0.29) is 0 Å². The lowest BCUT2D eigenvalue weighted by molar-refractivity contribution is 0.0127. The molecule has 5 heteroatoms. The third-order valence-corrected chi connectivity index (χ3v) is 7.35. The molecule has 6 rings (SSSR count). The summed E-state index contributed by atoms with van der Waals surface area (Å²) in [6.45, 7) is 2.97. The molecule has 33 heavy (non-hydrogen) atoms. The number of rotatable bonds is 7. The number of hydrogen-bond acceptors (Lipinski definition) is 3. The van der Waals surface area contributed by atoms with Crippen LogP contribution in [0.1, 0.15) is 24.0 Å². The summed E-state index contributed by atoms with van der Waals surface area (Å²) in [7, 11) is 1.71. The van der Waals surface area contributed by atoms with Crippen molar-refractivity contribution >= 4 is 0 Å². The molecule has 0 aliphatic carbocycles. The Balaban J connectivity index is 1.41. The van der Waals surface area contributed by atoms with E-state index in [1.807, 2.05) is 36.4 Å². The fraction of sp³-hybridized carbons (Fsp3) is 0.357. The van der Waals surface area contributed by atoms with Gasteiger partial charge >= 0.3 is 0 Å². The average molecular weight is 449 g/mol. The van der Waals surface area contributed by atoms with Crippen molar-refractivity contribution in [3.63, 3.8) is 0 Å². The highest BCUT2D eigenvalue weighted by Crippen LogP contribution is 2.36. The van der Waals surface area contributed by atoms with Crippen LogP contribution in [0.15, 0.2) is 66.7 Å². The van der Waals surface area contributed by atoms with Gasteiger partial charge in [0.1, 0.15) is 17.4 Å². The van der Waals surface area contributed by atoms with Gasteiger partial charge in [-0.25, -0.2) is 8.78 Å². The lowest BCUT2D eigenvalue weighted by Gasteiger charge is -2.51. The maximum atomic E-state index is 14.6. The summed E-state index contributed by atoms with van der Waals surface area (Å²) in [4.78, 5) is 2.58. The van der Waals surface area contributed by atoms with Crippen molar-refractivity contribution in [2.75, 3.05) is 20.2 Å². The number of methoxy groups -OCH3 is 1. The number of para-hydroxylation sites is 1. The van der Waals surface area contributed by atoms with E-state index in [0.717, 1.165) is 54.6 Å². The molecular formula is C28H30F2N2O. The molecule has 2 bridgehead atoms. The lowest BCUT2D eigenvalue weighted by Crippen LogP contribution is -2.63. The number of nitrogens with zero attached hydrogens (tertiary/aromatic N) is 1. The Hall–Kier alpha value is -2.76. The number of fused-ring (bicyclic) bond motifs is 3. The summed E-state index contributed by atoms with van der Waals surface area (Å²) in [5.41, 5.74) is 3.57. The van der Waals surface area contributed by atoms with Crippen molar-refractivity contribution < 1.29 is 13.5 Å². The van der Waals surface area contributed by atoms with Crippen molar-refractivity contribution in [1.82, 2.24) is 10.2 Å². The number of benzene rings is 3. The molecule has 0 saturated carbocycles. The van der Waals surface area contributed by atoms with E-state index >= 15 is 0 Å². The Labute approximate surface area is 194 Å². The molecule has 3 aliphatic rings. The summed E-state index contributed by atoms with van der Waals surface area (Å²) in [6.07, 6.45) is 3.23. The number of hydrogen-bond donors (Lipinski definition) is 1. The van der Waals surface area contributed by atoms with Crippen molar-refractivity contribution in [1.29, 1.82) is 0 Å². The molecule has 0 amide bonds. The predicted octanol–water partition coefficient (Wildman–Crippen LogP) is 5.44. The van der Waals surface area contributed by atoms with Gasteiger partial charge < -0.3 is 10.1 Å². The average Bonchev–Trinajstić information content (AvgIpc) is 2.85. The molecule has 3 aromatic carbocycles. The van der Waals surface area contributed by atoms with Crippen LogP contribution in [0, 0.1) is 17.6 Å². The van der Waals surface area contributed by atoms with E-state index < -0.39 is 11.6 Å². The lowest BCUT2D eigenvalue weighted by atomic mass is 9.76. The first-order valence-electron chi connectivity index (χ1n) is 11.8. The van der Waals surface area contributed by atoms with Crippen LogP contribution >= 0.6 is 0 Å². The van der Waals surface area contributed by atoms with Crippen molar-refractivity contribution in [3.8, 4) is 16.9 Å². The molecule has 3 nitrogen and oxygen atoms in total. The summed E-state index contributed by atoms with van der Waals surface area (Å²) < 4.78 is 33.7. The molecule has 3 aliphatic heterocycles. The van der Waals surface area contributed by atoms with Gasteiger partial charge in [0.25, 0.3) is 0 Å². The zero-order chi connectivity index (χ0) is 22.8. The zero-order valence-electron chi connectivity index (χ0n) is 18.9. The van der Waals surface area contributed by atoms with E-state index in [1.165, 1.54) is 18.9 Å². The molecule has 3 heterocycles. The van der Waals surface area contributed by atoms with Gasteiger partial charge in [-0.3, -0.25) is 4.90 Å². The predicted molar refractivity (Wildman–Crippen MR) is 127 cm³/mol. The van der Waals surface area contributed by atoms with Gasteiger partial charge in [-0.1, -0.05) is 42.5 Å². The number of ether oxygens (including phenoxy) is 1. The molecule has 3 saturated heterocycles. The minimum absolute atomic E-state index is 0.330. The largest absolute Gasteiger partial charge is 0.496 e. The molecule has 0 aromatic heterocycles. The van der Waals surface area contributed by atoms with Crippen LogP contribution in [0.5, 0.6) is 5.75 Å². The Morgan fingerprint density at radius 3 is 2.39 bits per heavy atom. The molecule has 2 unspecified atom stereocenters. The molecular weight excluding hydrogens is 418 g/mol. The van der Waals surface area contributed by atoms with Gasteiger partial charge in [0.15, 0.2) is 0 Å². The van der Waals surface area contributed by atoms with E-state index in [2.05, 4.69) is 22.3 Å². The third kappa shape index (κ3) is 4.53. The smallest absolute Gasteiger partial charge is 0.133 e. The van der Waals surface area contributed by atoms with Crippen LogP contribution in [-0.4, -0.2) is 37.2 Å². The molecule has 172 valence electrons. The number of nitrogens with one attached hydrogen (secondary N) is 1. The Bertz CT molecular complexity index is 1110. The summed E-state index contributed by atoms with van der Waals surface area (Å²) >= 11 is 0. The monoisotopic (exact) mass is 448 g/mol. The molecule has 3 aromatic rings. The minimum atomic E-state index is -0.551. The Morgan fingerprint density at radius 1 is 0.909 bits per heavy atom. The standard InChI is InChI=1S/C28H30F2N2O/c1-33-27-9-5-3-7-21(27)18-31-28-19-12-14-32(15-13-19)26(28)16-20-6-2-4-8-23(20)24-11-10-22(29)17-25(24)30/h2-11,17,19,26,28,31H,12-16,18H2,1H3. The third-order valence-electron chi connectivity index (χ3n) is 7.35. The van der Waals surface area contributed by atoms with Gasteiger partial charge in [0.2, 0.25) is 0 Å². The van der Waals surface area contributed by atoms with E-state index in [4.69, 9.17) is 4.74 Å². The Morgan fingerprint density at radius 2 is 1.64 bits per heavy atom. The second kappa shape index (κ2) is 9.62. The van der Waals surface area contributed by atoms with Crippen LogP contribution in [-0.2, 0) is 13.0 Å². The van der Waals surface area contributed by atoms with Gasteiger partial charge in [0.05, 0.1) is 7.11 Å².